The smallest absolute Gasteiger partial charge is 0.251 e. The third-order valence-corrected chi connectivity index (χ3v) is 6.92. The molecule has 180 valence electrons. The topological polar surface area (TPSA) is 116 Å². The Morgan fingerprint density at radius 1 is 1.23 bits per heavy atom. The predicted molar refractivity (Wildman–Crippen MR) is 128 cm³/mol. The first kappa shape index (κ1) is 23.3. The van der Waals surface area contributed by atoms with Crippen LogP contribution >= 0.6 is 0 Å². The summed E-state index contributed by atoms with van der Waals surface area (Å²) in [6, 6.07) is 11.9. The van der Waals surface area contributed by atoms with E-state index in [1.807, 2.05) is 19.1 Å². The van der Waals surface area contributed by atoms with Crippen LogP contribution in [0.4, 0.5) is 0 Å². The molecular formula is C27H28N4O4. The van der Waals surface area contributed by atoms with E-state index in [0.29, 0.717) is 45.0 Å². The highest BCUT2D eigenvalue weighted by Gasteiger charge is 2.28. The van der Waals surface area contributed by atoms with Crippen LogP contribution in [0.25, 0.3) is 11.1 Å². The lowest BCUT2D eigenvalue weighted by molar-refractivity contribution is -0.132. The second-order valence-electron chi connectivity index (χ2n) is 9.32. The molecule has 3 aliphatic rings. The summed E-state index contributed by atoms with van der Waals surface area (Å²) in [5.41, 5.74) is 6.70. The quantitative estimate of drug-likeness (QED) is 0.687. The minimum absolute atomic E-state index is 0.245. The predicted octanol–water partition coefficient (Wildman–Crippen LogP) is 2.47. The van der Waals surface area contributed by atoms with Crippen molar-refractivity contribution in [1.82, 2.24) is 10.6 Å². The molecule has 1 amide bonds. The van der Waals surface area contributed by atoms with Gasteiger partial charge in [-0.25, -0.2) is 0 Å². The molecule has 8 nitrogen and oxygen atoms in total. The molecule has 35 heavy (non-hydrogen) atoms. The molecule has 1 unspecified atom stereocenters. The molecule has 0 spiro atoms. The van der Waals surface area contributed by atoms with Gasteiger partial charge in [-0.05, 0) is 72.0 Å². The maximum Gasteiger partial charge on any atom is 0.251 e. The Hall–Kier alpha value is -3.43. The van der Waals surface area contributed by atoms with Gasteiger partial charge in [0.15, 0.2) is 0 Å². The van der Waals surface area contributed by atoms with Gasteiger partial charge in [-0.1, -0.05) is 0 Å². The Kier molecular flexibility index (Phi) is 6.70. The van der Waals surface area contributed by atoms with E-state index >= 15 is 0 Å². The zero-order valence-electron chi connectivity index (χ0n) is 19.7. The fraction of sp³-hybridized carbons (Fsp3) is 0.444. The highest BCUT2D eigenvalue weighted by Crippen LogP contribution is 2.42. The van der Waals surface area contributed by atoms with Gasteiger partial charge < -0.3 is 24.8 Å². The molecule has 2 N–H and O–H groups in total. The molecule has 2 fully saturated rings. The van der Waals surface area contributed by atoms with Crippen molar-refractivity contribution in [2.45, 2.75) is 44.4 Å². The number of carbonyl (C=O) groups excluding carboxylic acids is 1. The number of carbonyl (C=O) groups is 1. The highest BCUT2D eigenvalue weighted by atomic mass is 16.5. The standard InChI is InChI=1S/C27H28N4O4/c1-16-5-24-23-9-22(20-13-33-14-20)18(10-28)6-19(23)15-35-25(24)8-17(16)7-21(11-29)31-27(32)26-12-30-3-2-4-34-26/h5-6,8-9,20-21,26,30H,2-4,7,12-15H2,1H3,(H,31,32)/t21?,26-/m0/s1. The number of benzene rings is 2. The van der Waals surface area contributed by atoms with Crippen LogP contribution in [0.3, 0.4) is 0 Å². The average Bonchev–Trinajstić information content (AvgIpc) is 3.12. The van der Waals surface area contributed by atoms with Crippen LogP contribution in [0.5, 0.6) is 5.75 Å². The van der Waals surface area contributed by atoms with Gasteiger partial charge >= 0.3 is 0 Å². The van der Waals surface area contributed by atoms with Gasteiger partial charge in [0.1, 0.15) is 24.5 Å². The Balaban J connectivity index is 1.38. The summed E-state index contributed by atoms with van der Waals surface area (Å²) in [6.45, 7) is 5.44. The first-order valence-corrected chi connectivity index (χ1v) is 12.0. The number of hydrogen-bond donors (Lipinski definition) is 2. The number of nitrogens with one attached hydrogen (secondary N) is 2. The van der Waals surface area contributed by atoms with Crippen molar-refractivity contribution in [3.05, 3.63) is 52.1 Å². The molecule has 0 aliphatic carbocycles. The molecule has 8 heteroatoms. The van der Waals surface area contributed by atoms with Crippen LogP contribution < -0.4 is 15.4 Å². The molecule has 0 radical (unpaired) electrons. The largest absolute Gasteiger partial charge is 0.488 e. The summed E-state index contributed by atoms with van der Waals surface area (Å²) in [5.74, 6) is 0.722. The SMILES string of the molecule is Cc1cc2c(cc1CC(C#N)NC(=O)[C@@H]1CNCCCO1)OCc1cc(C#N)c(C3COC3)cc1-2. The summed E-state index contributed by atoms with van der Waals surface area (Å²) in [5, 5.41) is 25.4. The molecule has 2 aromatic carbocycles. The Bertz CT molecular complexity index is 1220. The third kappa shape index (κ3) is 4.74. The number of fused-ring (bicyclic) bond motifs is 3. The first-order valence-electron chi connectivity index (χ1n) is 12.0. The normalized spacial score (nSPS) is 20.0. The lowest BCUT2D eigenvalue weighted by Gasteiger charge is -2.30. The van der Waals surface area contributed by atoms with Gasteiger partial charge in [0, 0.05) is 31.1 Å². The highest BCUT2D eigenvalue weighted by molar-refractivity contribution is 5.82. The molecule has 0 aromatic heterocycles. The second-order valence-corrected chi connectivity index (χ2v) is 9.32. The van der Waals surface area contributed by atoms with Crippen LogP contribution in [0.15, 0.2) is 24.3 Å². The molecule has 5 rings (SSSR count). The zero-order chi connectivity index (χ0) is 24.4. The van der Waals surface area contributed by atoms with Crippen LogP contribution in [0.1, 0.15) is 40.2 Å². The minimum atomic E-state index is -0.676. The molecular weight excluding hydrogens is 444 g/mol. The van der Waals surface area contributed by atoms with Crippen molar-refractivity contribution in [1.29, 1.82) is 10.5 Å². The number of amides is 1. The second kappa shape index (κ2) is 10.1. The van der Waals surface area contributed by atoms with Crippen molar-refractivity contribution in [2.24, 2.45) is 0 Å². The Morgan fingerprint density at radius 3 is 2.83 bits per heavy atom. The van der Waals surface area contributed by atoms with E-state index in [0.717, 1.165) is 52.1 Å². The number of nitriles is 2. The van der Waals surface area contributed by atoms with Crippen molar-refractivity contribution in [3.63, 3.8) is 0 Å². The Morgan fingerprint density at radius 2 is 2.09 bits per heavy atom. The zero-order valence-corrected chi connectivity index (χ0v) is 19.7. The van der Waals surface area contributed by atoms with Gasteiger partial charge in [-0.3, -0.25) is 4.79 Å². The lowest BCUT2D eigenvalue weighted by Crippen LogP contribution is -2.46. The van der Waals surface area contributed by atoms with E-state index < -0.39 is 12.1 Å². The molecule has 2 atom stereocenters. The van der Waals surface area contributed by atoms with Crippen molar-refractivity contribution < 1.29 is 19.0 Å². The van der Waals surface area contributed by atoms with Crippen LogP contribution in [0, 0.1) is 29.6 Å². The number of ether oxygens (including phenoxy) is 3. The van der Waals surface area contributed by atoms with E-state index in [9.17, 15) is 15.3 Å². The van der Waals surface area contributed by atoms with E-state index in [-0.39, 0.29) is 11.8 Å². The van der Waals surface area contributed by atoms with E-state index in [1.165, 1.54) is 0 Å². The minimum Gasteiger partial charge on any atom is -0.488 e. The maximum absolute atomic E-state index is 12.7. The van der Waals surface area contributed by atoms with Crippen LogP contribution in [-0.2, 0) is 27.3 Å². The number of nitrogens with zero attached hydrogens (tertiary/aromatic N) is 2. The van der Waals surface area contributed by atoms with E-state index in [2.05, 4.69) is 34.9 Å². The molecule has 2 aromatic rings. The molecule has 3 aliphatic heterocycles. The monoisotopic (exact) mass is 472 g/mol. The first-order chi connectivity index (χ1) is 17.1. The summed E-state index contributed by atoms with van der Waals surface area (Å²) >= 11 is 0. The average molecular weight is 473 g/mol. The van der Waals surface area contributed by atoms with E-state index in [4.69, 9.17) is 14.2 Å². The Labute approximate surface area is 204 Å². The lowest BCUT2D eigenvalue weighted by atomic mass is 9.85. The molecule has 2 saturated heterocycles. The fourth-order valence-corrected chi connectivity index (χ4v) is 4.81. The molecule has 0 saturated carbocycles. The van der Waals surface area contributed by atoms with Crippen LogP contribution in [-0.4, -0.2) is 51.0 Å². The third-order valence-electron chi connectivity index (χ3n) is 6.92. The number of hydrogen-bond acceptors (Lipinski definition) is 7. The van der Waals surface area contributed by atoms with Crippen LogP contribution in [0.2, 0.25) is 0 Å². The molecule has 0 bridgehead atoms. The van der Waals surface area contributed by atoms with Crippen molar-refractivity contribution >= 4 is 5.91 Å². The van der Waals surface area contributed by atoms with Crippen molar-refractivity contribution in [3.8, 4) is 29.0 Å². The van der Waals surface area contributed by atoms with Gasteiger partial charge in [-0.2, -0.15) is 10.5 Å². The van der Waals surface area contributed by atoms with Gasteiger partial charge in [0.2, 0.25) is 0 Å². The summed E-state index contributed by atoms with van der Waals surface area (Å²) in [7, 11) is 0. The summed E-state index contributed by atoms with van der Waals surface area (Å²) < 4.78 is 17.0. The number of aryl methyl sites for hydroxylation is 1. The van der Waals surface area contributed by atoms with Gasteiger partial charge in [0.05, 0.1) is 30.9 Å². The van der Waals surface area contributed by atoms with E-state index in [1.54, 1.807) is 0 Å². The fourth-order valence-electron chi connectivity index (χ4n) is 4.81. The van der Waals surface area contributed by atoms with Gasteiger partial charge in [0.25, 0.3) is 5.91 Å². The molecule has 3 heterocycles. The summed E-state index contributed by atoms with van der Waals surface area (Å²) in [6.07, 6.45) is 0.637. The number of rotatable bonds is 5. The summed E-state index contributed by atoms with van der Waals surface area (Å²) in [4.78, 5) is 12.7. The van der Waals surface area contributed by atoms with Gasteiger partial charge in [-0.15, -0.1) is 0 Å². The maximum atomic E-state index is 12.7. The van der Waals surface area contributed by atoms with Crippen molar-refractivity contribution in [2.75, 3.05) is 32.9 Å².